The second-order valence-corrected chi connectivity index (χ2v) is 5.40. The van der Waals surface area contributed by atoms with E-state index in [9.17, 15) is 10.2 Å². The Labute approximate surface area is 130 Å². The zero-order valence-electron chi connectivity index (χ0n) is 11.2. The normalized spacial score (nSPS) is 11.3. The predicted octanol–water partition coefficient (Wildman–Crippen LogP) is 3.64. The van der Waals surface area contributed by atoms with Crippen molar-refractivity contribution < 1.29 is 10.2 Å². The first-order valence-corrected chi connectivity index (χ1v) is 6.97. The number of benzene rings is 3. The number of halogens is 1. The number of hydrogen-bond acceptors (Lipinski definition) is 4. The van der Waals surface area contributed by atoms with Gasteiger partial charge in [-0.05, 0) is 41.8 Å². The maximum Gasteiger partial charge on any atom is 0.143 e. The Morgan fingerprint density at radius 1 is 0.864 bits per heavy atom. The number of nitrogens with zero attached hydrogens (tertiary/aromatic N) is 3. The molecule has 1 aromatic heterocycles. The second kappa shape index (κ2) is 4.61. The van der Waals surface area contributed by atoms with Crippen LogP contribution in [0.25, 0.3) is 27.5 Å². The van der Waals surface area contributed by atoms with Crippen molar-refractivity contribution in [1.29, 1.82) is 0 Å². The SMILES string of the molecule is Oc1ccc2ccc(O)c(-n3nc4ccc(Cl)cc4n3)c2c1. The zero-order valence-corrected chi connectivity index (χ0v) is 12.0. The van der Waals surface area contributed by atoms with Crippen LogP contribution < -0.4 is 0 Å². The van der Waals surface area contributed by atoms with Gasteiger partial charge in [-0.1, -0.05) is 23.7 Å². The molecule has 5 nitrogen and oxygen atoms in total. The number of phenolic OH excluding ortho intramolecular Hbond substituents is 2. The Bertz CT molecular complexity index is 1020. The van der Waals surface area contributed by atoms with E-state index in [4.69, 9.17) is 11.6 Å². The van der Waals surface area contributed by atoms with Gasteiger partial charge in [0.25, 0.3) is 0 Å². The molecule has 3 aromatic carbocycles. The first-order valence-electron chi connectivity index (χ1n) is 6.59. The first kappa shape index (κ1) is 12.9. The molecule has 0 atom stereocenters. The van der Waals surface area contributed by atoms with Gasteiger partial charge in [0, 0.05) is 10.4 Å². The highest BCUT2D eigenvalue weighted by atomic mass is 35.5. The largest absolute Gasteiger partial charge is 0.508 e. The fraction of sp³-hybridized carbons (Fsp3) is 0. The fourth-order valence-electron chi connectivity index (χ4n) is 2.48. The minimum Gasteiger partial charge on any atom is -0.508 e. The van der Waals surface area contributed by atoms with Gasteiger partial charge in [0.2, 0.25) is 0 Å². The molecule has 0 saturated heterocycles. The number of fused-ring (bicyclic) bond motifs is 2. The Kier molecular flexibility index (Phi) is 2.71. The summed E-state index contributed by atoms with van der Waals surface area (Å²) >= 11 is 5.96. The van der Waals surface area contributed by atoms with Crippen molar-refractivity contribution >= 4 is 33.4 Å². The van der Waals surface area contributed by atoms with E-state index in [1.54, 1.807) is 48.5 Å². The Balaban J connectivity index is 2.06. The summed E-state index contributed by atoms with van der Waals surface area (Å²) in [6, 6.07) is 13.5. The summed E-state index contributed by atoms with van der Waals surface area (Å²) in [6.07, 6.45) is 0. The average molecular weight is 312 g/mol. The molecule has 0 radical (unpaired) electrons. The Morgan fingerprint density at radius 2 is 1.64 bits per heavy atom. The molecule has 6 heteroatoms. The molecule has 0 spiro atoms. The lowest BCUT2D eigenvalue weighted by Gasteiger charge is -2.08. The van der Waals surface area contributed by atoms with Crippen molar-refractivity contribution in [1.82, 2.24) is 15.0 Å². The van der Waals surface area contributed by atoms with Crippen LogP contribution in [0.15, 0.2) is 48.5 Å². The molecule has 108 valence electrons. The van der Waals surface area contributed by atoms with E-state index in [0.717, 1.165) is 5.39 Å². The summed E-state index contributed by atoms with van der Waals surface area (Å²) in [7, 11) is 0. The summed E-state index contributed by atoms with van der Waals surface area (Å²) in [5.41, 5.74) is 1.71. The van der Waals surface area contributed by atoms with Gasteiger partial charge in [0.05, 0.1) is 0 Å². The lowest BCUT2D eigenvalue weighted by Crippen LogP contribution is -2.00. The van der Waals surface area contributed by atoms with Gasteiger partial charge in [0.15, 0.2) is 0 Å². The summed E-state index contributed by atoms with van der Waals surface area (Å²) in [5, 5.41) is 30.8. The maximum absolute atomic E-state index is 10.2. The number of aromatic nitrogens is 3. The number of aromatic hydroxyl groups is 2. The van der Waals surface area contributed by atoms with Crippen LogP contribution in [-0.2, 0) is 0 Å². The van der Waals surface area contributed by atoms with Crippen LogP contribution in [0.1, 0.15) is 0 Å². The van der Waals surface area contributed by atoms with E-state index in [2.05, 4.69) is 10.2 Å². The Morgan fingerprint density at radius 3 is 2.50 bits per heavy atom. The van der Waals surface area contributed by atoms with Crippen LogP contribution in [0.3, 0.4) is 0 Å². The molecule has 0 aliphatic rings. The molecule has 0 aliphatic carbocycles. The highest BCUT2D eigenvalue weighted by molar-refractivity contribution is 6.31. The maximum atomic E-state index is 10.2. The fourth-order valence-corrected chi connectivity index (χ4v) is 2.64. The molecule has 2 N–H and O–H groups in total. The minimum atomic E-state index is 0.0319. The van der Waals surface area contributed by atoms with E-state index in [1.165, 1.54) is 4.80 Å². The van der Waals surface area contributed by atoms with Crippen LogP contribution in [0, 0.1) is 0 Å². The standard InChI is InChI=1S/C16H10ClN3O2/c17-10-3-5-13-14(7-10)19-20(18-13)16-12-8-11(21)4-1-9(12)2-6-15(16)22/h1-8,21-22H. The molecule has 0 amide bonds. The quantitative estimate of drug-likeness (QED) is 0.563. The van der Waals surface area contributed by atoms with Gasteiger partial charge < -0.3 is 10.2 Å². The molecule has 4 aromatic rings. The summed E-state index contributed by atoms with van der Waals surface area (Å²) in [4.78, 5) is 1.36. The molecule has 0 aliphatic heterocycles. The highest BCUT2D eigenvalue weighted by Crippen LogP contribution is 2.32. The van der Waals surface area contributed by atoms with Crippen molar-refractivity contribution in [2.75, 3.05) is 0 Å². The Hall–Kier alpha value is -2.79. The molecular formula is C16H10ClN3O2. The van der Waals surface area contributed by atoms with Gasteiger partial charge in [-0.15, -0.1) is 15.0 Å². The third-order valence-electron chi connectivity index (χ3n) is 3.50. The van der Waals surface area contributed by atoms with Crippen molar-refractivity contribution in [3.05, 3.63) is 53.6 Å². The van der Waals surface area contributed by atoms with Crippen LogP contribution in [0.5, 0.6) is 11.5 Å². The summed E-state index contributed by atoms with van der Waals surface area (Å²) in [6.45, 7) is 0. The smallest absolute Gasteiger partial charge is 0.143 e. The van der Waals surface area contributed by atoms with Crippen molar-refractivity contribution in [2.45, 2.75) is 0 Å². The lowest BCUT2D eigenvalue weighted by atomic mass is 10.1. The first-order chi connectivity index (χ1) is 10.6. The van der Waals surface area contributed by atoms with Crippen molar-refractivity contribution in [2.24, 2.45) is 0 Å². The summed E-state index contributed by atoms with van der Waals surface area (Å²) < 4.78 is 0. The van der Waals surface area contributed by atoms with E-state index in [-0.39, 0.29) is 11.5 Å². The van der Waals surface area contributed by atoms with E-state index < -0.39 is 0 Å². The third kappa shape index (κ3) is 1.95. The molecule has 0 saturated carbocycles. The van der Waals surface area contributed by atoms with Crippen LogP contribution in [-0.4, -0.2) is 25.2 Å². The van der Waals surface area contributed by atoms with E-state index >= 15 is 0 Å². The lowest BCUT2D eigenvalue weighted by molar-refractivity contribution is 0.468. The number of phenols is 2. The van der Waals surface area contributed by atoms with Gasteiger partial charge >= 0.3 is 0 Å². The van der Waals surface area contributed by atoms with Gasteiger partial charge in [-0.2, -0.15) is 0 Å². The molecule has 0 unspecified atom stereocenters. The highest BCUT2D eigenvalue weighted by Gasteiger charge is 2.13. The molecule has 1 heterocycles. The predicted molar refractivity (Wildman–Crippen MR) is 84.7 cm³/mol. The number of rotatable bonds is 1. The van der Waals surface area contributed by atoms with Crippen molar-refractivity contribution in [3.63, 3.8) is 0 Å². The summed E-state index contributed by atoms with van der Waals surface area (Å²) in [5.74, 6) is 0.142. The van der Waals surface area contributed by atoms with E-state index in [1.807, 2.05) is 0 Å². The molecular weight excluding hydrogens is 302 g/mol. The van der Waals surface area contributed by atoms with Gasteiger partial charge in [0.1, 0.15) is 28.2 Å². The molecule has 0 bridgehead atoms. The topological polar surface area (TPSA) is 71.2 Å². The van der Waals surface area contributed by atoms with E-state index in [0.29, 0.717) is 27.1 Å². The molecule has 22 heavy (non-hydrogen) atoms. The van der Waals surface area contributed by atoms with Crippen molar-refractivity contribution in [3.8, 4) is 17.2 Å². The molecule has 4 rings (SSSR count). The van der Waals surface area contributed by atoms with Crippen LogP contribution in [0.4, 0.5) is 0 Å². The third-order valence-corrected chi connectivity index (χ3v) is 3.73. The monoisotopic (exact) mass is 311 g/mol. The van der Waals surface area contributed by atoms with Gasteiger partial charge in [-0.3, -0.25) is 0 Å². The molecule has 0 fully saturated rings. The second-order valence-electron chi connectivity index (χ2n) is 4.96. The minimum absolute atomic E-state index is 0.0319. The van der Waals surface area contributed by atoms with Gasteiger partial charge in [-0.25, -0.2) is 0 Å². The van der Waals surface area contributed by atoms with Crippen LogP contribution >= 0.6 is 11.6 Å². The number of hydrogen-bond donors (Lipinski definition) is 2. The average Bonchev–Trinajstić information content (AvgIpc) is 2.89. The zero-order chi connectivity index (χ0) is 15.3. The van der Waals surface area contributed by atoms with Crippen LogP contribution in [0.2, 0.25) is 5.02 Å².